The van der Waals surface area contributed by atoms with Gasteiger partial charge in [-0.25, -0.2) is 9.97 Å². The topological polar surface area (TPSA) is 105 Å². The summed E-state index contributed by atoms with van der Waals surface area (Å²) in [6.45, 7) is 17.2. The molecule has 1 unspecified atom stereocenters. The fourth-order valence-electron chi connectivity index (χ4n) is 7.02. The number of nitrogens with zero attached hydrogens (tertiary/aromatic N) is 4. The number of rotatable bonds is 8. The number of aryl methyl sites for hydroxylation is 1. The predicted octanol–water partition coefficient (Wildman–Crippen LogP) is 7.41. The number of imide groups is 1. The van der Waals surface area contributed by atoms with Gasteiger partial charge in [-0.15, -0.1) is 0 Å². The Morgan fingerprint density at radius 1 is 1.00 bits per heavy atom. The summed E-state index contributed by atoms with van der Waals surface area (Å²) >= 11 is 6.63. The summed E-state index contributed by atoms with van der Waals surface area (Å²) in [4.78, 5) is 38.8. The average Bonchev–Trinajstić information content (AvgIpc) is 3.75. The molecule has 2 fully saturated rings. The van der Waals surface area contributed by atoms with E-state index < -0.39 is 44.7 Å². The highest BCUT2D eigenvalue weighted by Crippen LogP contribution is 2.50. The second-order valence-corrected chi connectivity index (χ2v) is 20.4. The second-order valence-electron chi connectivity index (χ2n) is 15.1. The molecule has 10 nitrogen and oxygen atoms in total. The van der Waals surface area contributed by atoms with E-state index in [4.69, 9.17) is 30.2 Å². The third-order valence-electron chi connectivity index (χ3n) is 10.5. The molecule has 258 valence electrons. The van der Waals surface area contributed by atoms with Crippen molar-refractivity contribution in [1.29, 1.82) is 0 Å². The van der Waals surface area contributed by atoms with Crippen molar-refractivity contribution in [2.45, 2.75) is 102 Å². The SMILES string of the molecule is Cc1ncnc2c1ccn2C1O[C@H]([C@@H](c2ccc(Cl)cc2CCO[Si](C)(C)C(C)(C)C)N2C(=O)c3ccccc3C2=O)[C@H]2OC(C)(C)O[C@@H]12. The van der Waals surface area contributed by atoms with Crippen LogP contribution in [0.3, 0.4) is 0 Å². The first-order chi connectivity index (χ1) is 23.1. The molecule has 4 aromatic rings. The van der Waals surface area contributed by atoms with Crippen molar-refractivity contribution >= 4 is 42.8 Å². The van der Waals surface area contributed by atoms with Crippen LogP contribution >= 0.6 is 11.6 Å². The molecule has 0 spiro atoms. The molecule has 12 heteroatoms. The lowest BCUT2D eigenvalue weighted by atomic mass is 9.90. The minimum absolute atomic E-state index is 0.0350. The molecule has 2 aromatic carbocycles. The van der Waals surface area contributed by atoms with E-state index in [-0.39, 0.29) is 16.9 Å². The van der Waals surface area contributed by atoms with E-state index in [9.17, 15) is 9.59 Å². The molecule has 3 aliphatic heterocycles. The maximum Gasteiger partial charge on any atom is 0.262 e. The summed E-state index contributed by atoms with van der Waals surface area (Å²) < 4.78 is 28.6. The Morgan fingerprint density at radius 3 is 2.35 bits per heavy atom. The van der Waals surface area contributed by atoms with Gasteiger partial charge < -0.3 is 23.2 Å². The van der Waals surface area contributed by atoms with Crippen LogP contribution in [0.5, 0.6) is 0 Å². The van der Waals surface area contributed by atoms with Gasteiger partial charge in [0.2, 0.25) is 0 Å². The zero-order valence-electron chi connectivity index (χ0n) is 29.2. The molecule has 5 atom stereocenters. The molecule has 49 heavy (non-hydrogen) atoms. The Labute approximate surface area is 292 Å². The van der Waals surface area contributed by atoms with Crippen LogP contribution in [0.25, 0.3) is 11.0 Å². The third kappa shape index (κ3) is 5.84. The molecule has 3 aliphatic rings. The normalized spacial score (nSPS) is 24.1. The summed E-state index contributed by atoms with van der Waals surface area (Å²) in [5.74, 6) is -1.73. The van der Waals surface area contributed by atoms with Crippen molar-refractivity contribution in [3.05, 3.63) is 94.0 Å². The number of hydrogen-bond acceptors (Lipinski definition) is 8. The van der Waals surface area contributed by atoms with Gasteiger partial charge in [0.05, 0.1) is 22.9 Å². The molecule has 2 saturated heterocycles. The molecule has 0 bridgehead atoms. The van der Waals surface area contributed by atoms with Crippen molar-refractivity contribution in [2.24, 2.45) is 0 Å². The van der Waals surface area contributed by atoms with Crippen molar-refractivity contribution in [3.8, 4) is 0 Å². The van der Waals surface area contributed by atoms with Crippen molar-refractivity contribution in [1.82, 2.24) is 19.4 Å². The third-order valence-corrected chi connectivity index (χ3v) is 15.3. The van der Waals surface area contributed by atoms with Gasteiger partial charge in [-0.05, 0) is 86.8 Å². The molecule has 0 saturated carbocycles. The number of carbonyl (C=O) groups is 2. The highest BCUT2D eigenvalue weighted by Gasteiger charge is 2.60. The van der Waals surface area contributed by atoms with Crippen LogP contribution in [-0.2, 0) is 25.1 Å². The number of aromatic nitrogens is 3. The summed E-state index contributed by atoms with van der Waals surface area (Å²) in [6, 6.07) is 13.6. The first kappa shape index (κ1) is 34.0. The van der Waals surface area contributed by atoms with E-state index in [2.05, 4.69) is 43.8 Å². The predicted molar refractivity (Wildman–Crippen MR) is 188 cm³/mol. The van der Waals surface area contributed by atoms with Gasteiger partial charge in [0.25, 0.3) is 11.8 Å². The van der Waals surface area contributed by atoms with Gasteiger partial charge >= 0.3 is 0 Å². The summed E-state index contributed by atoms with van der Waals surface area (Å²) in [5.41, 5.74) is 3.85. The van der Waals surface area contributed by atoms with Gasteiger partial charge in [0, 0.05) is 23.2 Å². The van der Waals surface area contributed by atoms with Crippen LogP contribution in [0.1, 0.15) is 84.4 Å². The lowest BCUT2D eigenvalue weighted by Crippen LogP contribution is -2.46. The zero-order valence-corrected chi connectivity index (χ0v) is 30.9. The standard InChI is InChI=1S/C37H43ClN4O6Si/c1-21-24-15-17-41(32(24)40-20-39-21)35-31-30(47-37(5,6)48-31)29(46-35)28(42-33(43)26-11-9-10-12-27(26)34(42)44)25-14-13-23(38)19-22(25)16-18-45-49(7,8)36(2,3)4/h9-15,17,19-20,28-31,35H,16,18H2,1-8H3/t28-,29-,30-,31-,35?/m1/s1. The van der Waals surface area contributed by atoms with Gasteiger partial charge in [-0.3, -0.25) is 14.5 Å². The van der Waals surface area contributed by atoms with Crippen LogP contribution in [0.2, 0.25) is 23.2 Å². The summed E-state index contributed by atoms with van der Waals surface area (Å²) in [7, 11) is -2.06. The van der Waals surface area contributed by atoms with Gasteiger partial charge in [-0.2, -0.15) is 0 Å². The van der Waals surface area contributed by atoms with E-state index in [0.717, 1.165) is 22.2 Å². The maximum atomic E-state index is 14.3. The van der Waals surface area contributed by atoms with Crippen molar-refractivity contribution < 1.29 is 28.2 Å². The van der Waals surface area contributed by atoms with Gasteiger partial charge in [0.1, 0.15) is 30.3 Å². The molecular weight excluding hydrogens is 660 g/mol. The van der Waals surface area contributed by atoms with E-state index >= 15 is 0 Å². The Morgan fingerprint density at radius 2 is 1.67 bits per heavy atom. The number of fused-ring (bicyclic) bond motifs is 3. The van der Waals surface area contributed by atoms with Crippen LogP contribution < -0.4 is 0 Å². The lowest BCUT2D eigenvalue weighted by Gasteiger charge is -2.37. The number of carbonyl (C=O) groups excluding carboxylic acids is 2. The minimum atomic E-state index is -2.06. The van der Waals surface area contributed by atoms with Gasteiger partial charge in [-0.1, -0.05) is 50.6 Å². The number of amides is 2. The van der Waals surface area contributed by atoms with Crippen LogP contribution in [0.4, 0.5) is 0 Å². The maximum absolute atomic E-state index is 14.3. The highest BCUT2D eigenvalue weighted by molar-refractivity contribution is 6.74. The molecule has 0 radical (unpaired) electrons. The van der Waals surface area contributed by atoms with Crippen LogP contribution in [-0.4, -0.2) is 70.3 Å². The minimum Gasteiger partial charge on any atom is -0.416 e. The number of hydrogen-bond donors (Lipinski definition) is 0. The van der Waals surface area contributed by atoms with Crippen LogP contribution in [0, 0.1) is 6.92 Å². The number of halogens is 1. The second kappa shape index (κ2) is 12.1. The molecular formula is C37H43ClN4O6Si. The molecule has 7 rings (SSSR count). The zero-order chi connectivity index (χ0) is 35.0. The van der Waals surface area contributed by atoms with E-state index in [1.165, 1.54) is 11.2 Å². The summed E-state index contributed by atoms with van der Waals surface area (Å²) in [5, 5.41) is 1.47. The average molecular weight is 703 g/mol. The Balaban J connectivity index is 1.34. The Kier molecular flexibility index (Phi) is 8.40. The van der Waals surface area contributed by atoms with Crippen molar-refractivity contribution in [3.63, 3.8) is 0 Å². The van der Waals surface area contributed by atoms with Crippen LogP contribution in [0.15, 0.2) is 61.1 Å². The highest BCUT2D eigenvalue weighted by atomic mass is 35.5. The van der Waals surface area contributed by atoms with Crippen molar-refractivity contribution in [2.75, 3.05) is 6.61 Å². The first-order valence-electron chi connectivity index (χ1n) is 16.8. The van der Waals surface area contributed by atoms with E-state index in [1.54, 1.807) is 30.3 Å². The molecule has 0 aliphatic carbocycles. The lowest BCUT2D eigenvalue weighted by molar-refractivity contribution is -0.201. The van der Waals surface area contributed by atoms with E-state index in [0.29, 0.717) is 34.8 Å². The molecule has 2 aromatic heterocycles. The number of benzene rings is 2. The first-order valence-corrected chi connectivity index (χ1v) is 20.0. The smallest absolute Gasteiger partial charge is 0.262 e. The molecule has 2 amide bonds. The molecule has 0 N–H and O–H groups in total. The fraction of sp³-hybridized carbons (Fsp3) is 0.459. The molecule has 5 heterocycles. The Bertz CT molecular complexity index is 1920. The van der Waals surface area contributed by atoms with E-state index in [1.807, 2.05) is 49.7 Å². The quantitative estimate of drug-likeness (QED) is 0.138. The Hall–Kier alpha value is -3.45. The van der Waals surface area contributed by atoms with Gasteiger partial charge in [0.15, 0.2) is 20.3 Å². The largest absolute Gasteiger partial charge is 0.416 e. The monoisotopic (exact) mass is 702 g/mol. The number of ether oxygens (including phenoxy) is 3. The fourth-order valence-corrected chi connectivity index (χ4v) is 8.26. The summed E-state index contributed by atoms with van der Waals surface area (Å²) in [6.07, 6.45) is 1.28.